The highest BCUT2D eigenvalue weighted by molar-refractivity contribution is 8.00. The van der Waals surface area contributed by atoms with Gasteiger partial charge in [0.25, 0.3) is 0 Å². The maximum atomic E-state index is 12.0. The van der Waals surface area contributed by atoms with Crippen molar-refractivity contribution in [1.82, 2.24) is 4.90 Å². The Morgan fingerprint density at radius 1 is 1.35 bits per heavy atom. The molecule has 0 aliphatic carbocycles. The largest absolute Gasteiger partial charge is 0.380 e. The van der Waals surface area contributed by atoms with Crippen LogP contribution in [0.3, 0.4) is 0 Å². The molecular formula is C15H22N2O2S. The molecule has 1 aromatic carbocycles. The van der Waals surface area contributed by atoms with Gasteiger partial charge in [0.2, 0.25) is 5.91 Å². The van der Waals surface area contributed by atoms with Crippen molar-refractivity contribution in [3.8, 4) is 0 Å². The molecule has 0 bridgehead atoms. The first-order valence-corrected chi connectivity index (χ1v) is 7.94. The van der Waals surface area contributed by atoms with Crippen LogP contribution in [0.5, 0.6) is 0 Å². The molecule has 1 aromatic rings. The number of hydrogen-bond acceptors (Lipinski definition) is 4. The molecule has 1 unspecified atom stereocenters. The van der Waals surface area contributed by atoms with Gasteiger partial charge in [-0.15, -0.1) is 11.8 Å². The number of rotatable bonds is 6. The van der Waals surface area contributed by atoms with E-state index in [-0.39, 0.29) is 11.3 Å². The second-order valence-corrected chi connectivity index (χ2v) is 6.00. The van der Waals surface area contributed by atoms with Crippen LogP contribution in [-0.4, -0.2) is 50.4 Å². The lowest BCUT2D eigenvalue weighted by atomic mass is 10.2. The van der Waals surface area contributed by atoms with Gasteiger partial charge in [0.15, 0.2) is 0 Å². The van der Waals surface area contributed by atoms with E-state index < -0.39 is 0 Å². The van der Waals surface area contributed by atoms with Gasteiger partial charge >= 0.3 is 0 Å². The van der Waals surface area contributed by atoms with Gasteiger partial charge in [-0.2, -0.15) is 0 Å². The zero-order valence-corrected chi connectivity index (χ0v) is 13.2. The molecular weight excluding hydrogens is 272 g/mol. The predicted molar refractivity (Wildman–Crippen MR) is 84.2 cm³/mol. The third kappa shape index (κ3) is 3.46. The number of carbonyl (C=O) groups is 1. The maximum absolute atomic E-state index is 12.0. The van der Waals surface area contributed by atoms with Crippen molar-refractivity contribution in [3.63, 3.8) is 0 Å². The first-order chi connectivity index (χ1) is 9.63. The van der Waals surface area contributed by atoms with Crippen molar-refractivity contribution in [2.45, 2.75) is 12.3 Å². The number of ether oxygens (including phenoxy) is 1. The normalized spacial score (nSPS) is 18.6. The summed E-state index contributed by atoms with van der Waals surface area (Å²) in [6.45, 7) is 3.93. The first-order valence-electron chi connectivity index (χ1n) is 6.89. The molecule has 0 spiro atoms. The van der Waals surface area contributed by atoms with Crippen molar-refractivity contribution < 1.29 is 9.53 Å². The molecule has 20 heavy (non-hydrogen) atoms. The standard InChI is InChI=1S/C15H22N2O2S/c1-4-19-10-9-17-14(18)11-20-15(17)12-5-7-13(8-6-12)16(2)3/h5-8,15H,4,9-11H2,1-3H3. The molecule has 1 saturated heterocycles. The molecule has 0 saturated carbocycles. The molecule has 1 atom stereocenters. The lowest BCUT2D eigenvalue weighted by molar-refractivity contribution is -0.128. The van der Waals surface area contributed by atoms with E-state index in [2.05, 4.69) is 29.2 Å². The van der Waals surface area contributed by atoms with E-state index in [0.29, 0.717) is 25.5 Å². The summed E-state index contributed by atoms with van der Waals surface area (Å²) >= 11 is 1.69. The monoisotopic (exact) mass is 294 g/mol. The zero-order valence-electron chi connectivity index (χ0n) is 12.3. The van der Waals surface area contributed by atoms with Crippen molar-refractivity contribution in [3.05, 3.63) is 29.8 Å². The number of amides is 1. The fourth-order valence-electron chi connectivity index (χ4n) is 2.22. The Kier molecular flexibility index (Phi) is 5.31. The predicted octanol–water partition coefficient (Wildman–Crippen LogP) is 2.36. The minimum atomic E-state index is 0.124. The minimum Gasteiger partial charge on any atom is -0.380 e. The second-order valence-electron chi connectivity index (χ2n) is 4.93. The minimum absolute atomic E-state index is 0.124. The van der Waals surface area contributed by atoms with E-state index in [0.717, 1.165) is 0 Å². The van der Waals surface area contributed by atoms with Crippen LogP contribution < -0.4 is 4.90 Å². The third-order valence-corrected chi connectivity index (χ3v) is 4.60. The Hall–Kier alpha value is -1.20. The van der Waals surface area contributed by atoms with E-state index in [1.165, 1.54) is 11.3 Å². The molecule has 5 heteroatoms. The number of benzene rings is 1. The van der Waals surface area contributed by atoms with Gasteiger partial charge < -0.3 is 14.5 Å². The molecule has 1 heterocycles. The Bertz CT molecular complexity index is 448. The molecule has 0 N–H and O–H groups in total. The highest BCUT2D eigenvalue weighted by atomic mass is 32.2. The van der Waals surface area contributed by atoms with Crippen molar-refractivity contribution in [2.24, 2.45) is 0 Å². The molecule has 4 nitrogen and oxygen atoms in total. The van der Waals surface area contributed by atoms with Crippen LogP contribution in [0.4, 0.5) is 5.69 Å². The summed E-state index contributed by atoms with van der Waals surface area (Å²) < 4.78 is 5.37. The van der Waals surface area contributed by atoms with Gasteiger partial charge in [-0.3, -0.25) is 4.79 Å². The quantitative estimate of drug-likeness (QED) is 0.754. The zero-order chi connectivity index (χ0) is 14.5. The summed E-state index contributed by atoms with van der Waals surface area (Å²) in [5.74, 6) is 0.767. The lowest BCUT2D eigenvalue weighted by Crippen LogP contribution is -2.31. The summed E-state index contributed by atoms with van der Waals surface area (Å²) in [4.78, 5) is 16.0. The highest BCUT2D eigenvalue weighted by Crippen LogP contribution is 2.38. The van der Waals surface area contributed by atoms with E-state index in [4.69, 9.17) is 4.74 Å². The van der Waals surface area contributed by atoms with Crippen LogP contribution in [0.15, 0.2) is 24.3 Å². The average molecular weight is 294 g/mol. The van der Waals surface area contributed by atoms with E-state index in [9.17, 15) is 4.79 Å². The number of hydrogen-bond donors (Lipinski definition) is 0. The third-order valence-electron chi connectivity index (χ3n) is 3.34. The number of anilines is 1. The number of thioether (sulfide) groups is 1. The average Bonchev–Trinajstić information content (AvgIpc) is 2.81. The van der Waals surface area contributed by atoms with Gasteiger partial charge in [-0.1, -0.05) is 12.1 Å². The fraction of sp³-hybridized carbons (Fsp3) is 0.533. The van der Waals surface area contributed by atoms with Crippen LogP contribution in [0.1, 0.15) is 17.9 Å². The molecule has 1 fully saturated rings. The highest BCUT2D eigenvalue weighted by Gasteiger charge is 2.32. The fourth-order valence-corrected chi connectivity index (χ4v) is 3.44. The van der Waals surface area contributed by atoms with Crippen molar-refractivity contribution in [2.75, 3.05) is 44.5 Å². The first kappa shape index (κ1) is 15.2. The molecule has 1 amide bonds. The topological polar surface area (TPSA) is 32.8 Å². The Balaban J connectivity index is 2.07. The van der Waals surface area contributed by atoms with Gasteiger partial charge in [0.1, 0.15) is 5.37 Å². The van der Waals surface area contributed by atoms with Gasteiger partial charge in [0, 0.05) is 32.9 Å². The summed E-state index contributed by atoms with van der Waals surface area (Å²) in [5, 5.41) is 0.124. The number of carbonyl (C=O) groups excluding carboxylic acids is 1. The van der Waals surface area contributed by atoms with Gasteiger partial charge in [-0.05, 0) is 24.6 Å². The number of nitrogens with zero attached hydrogens (tertiary/aromatic N) is 2. The Labute approximate surface area is 125 Å². The smallest absolute Gasteiger partial charge is 0.233 e. The van der Waals surface area contributed by atoms with Gasteiger partial charge in [-0.25, -0.2) is 0 Å². The molecule has 0 aromatic heterocycles. The molecule has 2 rings (SSSR count). The lowest BCUT2D eigenvalue weighted by Gasteiger charge is -2.24. The van der Waals surface area contributed by atoms with Crippen LogP contribution in [-0.2, 0) is 9.53 Å². The SMILES string of the molecule is CCOCCN1C(=O)CSC1c1ccc(N(C)C)cc1. The second kappa shape index (κ2) is 6.99. The van der Waals surface area contributed by atoms with E-state index >= 15 is 0 Å². The molecule has 110 valence electrons. The van der Waals surface area contributed by atoms with Crippen LogP contribution in [0.25, 0.3) is 0 Å². The Morgan fingerprint density at radius 3 is 2.65 bits per heavy atom. The summed E-state index contributed by atoms with van der Waals surface area (Å²) in [7, 11) is 4.05. The van der Waals surface area contributed by atoms with Crippen LogP contribution in [0, 0.1) is 0 Å². The van der Waals surface area contributed by atoms with E-state index in [1.54, 1.807) is 11.8 Å². The van der Waals surface area contributed by atoms with Crippen LogP contribution >= 0.6 is 11.8 Å². The maximum Gasteiger partial charge on any atom is 0.233 e. The van der Waals surface area contributed by atoms with Crippen molar-refractivity contribution >= 4 is 23.4 Å². The van der Waals surface area contributed by atoms with E-state index in [1.807, 2.05) is 25.9 Å². The molecule has 0 radical (unpaired) electrons. The summed E-state index contributed by atoms with van der Waals surface area (Å²) in [6.07, 6.45) is 0. The molecule has 1 aliphatic rings. The Morgan fingerprint density at radius 2 is 2.05 bits per heavy atom. The van der Waals surface area contributed by atoms with Crippen molar-refractivity contribution in [1.29, 1.82) is 0 Å². The van der Waals surface area contributed by atoms with Gasteiger partial charge in [0.05, 0.1) is 12.4 Å². The summed E-state index contributed by atoms with van der Waals surface area (Å²) in [5.41, 5.74) is 2.35. The molecule has 1 aliphatic heterocycles. The van der Waals surface area contributed by atoms with Crippen LogP contribution in [0.2, 0.25) is 0 Å². The summed E-state index contributed by atoms with van der Waals surface area (Å²) in [6, 6.07) is 8.41.